The normalized spacial score (nSPS) is 17.9. The zero-order valence-electron chi connectivity index (χ0n) is 16.0. The number of rotatable bonds is 6. The highest BCUT2D eigenvalue weighted by molar-refractivity contribution is 7.90. The van der Waals surface area contributed by atoms with Crippen molar-refractivity contribution in [1.82, 2.24) is 5.16 Å². The molecule has 7 nitrogen and oxygen atoms in total. The van der Waals surface area contributed by atoms with Crippen LogP contribution in [-0.4, -0.2) is 43.8 Å². The molecule has 1 aliphatic rings. The Morgan fingerprint density at radius 3 is 2.79 bits per heavy atom. The van der Waals surface area contributed by atoms with Crippen LogP contribution in [0.5, 0.6) is 5.75 Å². The summed E-state index contributed by atoms with van der Waals surface area (Å²) in [6.07, 6.45) is 2.42. The average molecular weight is 415 g/mol. The summed E-state index contributed by atoms with van der Waals surface area (Å²) in [5.41, 5.74) is 1.18. The van der Waals surface area contributed by atoms with E-state index in [-0.39, 0.29) is 23.7 Å². The number of fused-ring (bicyclic) bond motifs is 3. The van der Waals surface area contributed by atoms with Crippen molar-refractivity contribution in [2.75, 3.05) is 18.6 Å². The van der Waals surface area contributed by atoms with Crippen LogP contribution in [0.15, 0.2) is 34.9 Å². The zero-order chi connectivity index (χ0) is 20.6. The highest BCUT2D eigenvalue weighted by Gasteiger charge is 2.32. The van der Waals surface area contributed by atoms with Gasteiger partial charge >= 0.3 is 0 Å². The molecule has 1 heterocycles. The van der Waals surface area contributed by atoms with Gasteiger partial charge in [0.25, 0.3) is 0 Å². The number of hydrogen-bond acceptors (Lipinski definition) is 7. The first kappa shape index (κ1) is 19.6. The molecule has 152 valence electrons. The number of ketones is 2. The lowest BCUT2D eigenvalue weighted by Crippen LogP contribution is -2.23. The topological polar surface area (TPSA) is 104 Å². The maximum absolute atomic E-state index is 12.4. The number of hydrogen-bond donors (Lipinski definition) is 0. The fourth-order valence-corrected chi connectivity index (χ4v) is 4.41. The van der Waals surface area contributed by atoms with Crippen LogP contribution in [0.25, 0.3) is 21.7 Å². The Morgan fingerprint density at radius 1 is 1.21 bits per heavy atom. The molecule has 1 aromatic heterocycles. The quantitative estimate of drug-likeness (QED) is 0.450. The van der Waals surface area contributed by atoms with Crippen molar-refractivity contribution in [3.63, 3.8) is 0 Å². The van der Waals surface area contributed by atoms with Gasteiger partial charge in [0.1, 0.15) is 32.8 Å². The molecule has 29 heavy (non-hydrogen) atoms. The number of aromatic nitrogens is 1. The Balaban J connectivity index is 1.63. The SMILES string of the molecule is CS(=O)(=O)CCCOc1ccc2c(ccc3onc([C@H]4CCC(=O)CC4=O)c32)c1. The number of benzene rings is 2. The summed E-state index contributed by atoms with van der Waals surface area (Å²) in [4.78, 5) is 23.9. The van der Waals surface area contributed by atoms with Crippen LogP contribution in [0.3, 0.4) is 0 Å². The first-order valence-corrected chi connectivity index (χ1v) is 11.5. The zero-order valence-corrected chi connectivity index (χ0v) is 16.8. The largest absolute Gasteiger partial charge is 0.494 e. The predicted molar refractivity (Wildman–Crippen MR) is 108 cm³/mol. The fraction of sp³-hybridized carbons (Fsp3) is 0.381. The van der Waals surface area contributed by atoms with Crippen LogP contribution in [0.2, 0.25) is 0 Å². The monoisotopic (exact) mass is 415 g/mol. The minimum absolute atomic E-state index is 0.0263. The summed E-state index contributed by atoms with van der Waals surface area (Å²) in [5.74, 6) is 0.165. The van der Waals surface area contributed by atoms with Crippen LogP contribution in [0.4, 0.5) is 0 Å². The molecular weight excluding hydrogens is 394 g/mol. The van der Waals surface area contributed by atoms with Gasteiger partial charge in [0.2, 0.25) is 0 Å². The van der Waals surface area contributed by atoms with Gasteiger partial charge in [-0.05, 0) is 47.9 Å². The van der Waals surface area contributed by atoms with E-state index in [2.05, 4.69) is 5.16 Å². The van der Waals surface area contributed by atoms with Crippen molar-refractivity contribution in [3.8, 4) is 5.75 Å². The van der Waals surface area contributed by atoms with Crippen LogP contribution in [-0.2, 0) is 19.4 Å². The minimum Gasteiger partial charge on any atom is -0.494 e. The molecule has 3 aromatic rings. The molecule has 2 aromatic carbocycles. The molecule has 1 fully saturated rings. The second-order valence-corrected chi connectivity index (χ2v) is 9.75. The molecule has 1 atom stereocenters. The van der Waals surface area contributed by atoms with E-state index in [1.165, 1.54) is 6.26 Å². The summed E-state index contributed by atoms with van der Waals surface area (Å²) in [6.45, 7) is 0.309. The summed E-state index contributed by atoms with van der Waals surface area (Å²) in [5, 5.41) is 6.75. The first-order valence-electron chi connectivity index (χ1n) is 9.49. The van der Waals surface area contributed by atoms with E-state index < -0.39 is 15.8 Å². The van der Waals surface area contributed by atoms with Gasteiger partial charge in [-0.3, -0.25) is 9.59 Å². The molecular formula is C21H21NO6S. The van der Waals surface area contributed by atoms with Crippen molar-refractivity contribution in [3.05, 3.63) is 36.0 Å². The lowest BCUT2D eigenvalue weighted by Gasteiger charge is -2.18. The third kappa shape index (κ3) is 4.17. The van der Waals surface area contributed by atoms with Gasteiger partial charge in [-0.2, -0.15) is 0 Å². The molecule has 4 rings (SSSR count). The molecule has 8 heteroatoms. The Morgan fingerprint density at radius 2 is 2.03 bits per heavy atom. The second kappa shape index (κ2) is 7.59. The molecule has 0 bridgehead atoms. The molecule has 1 aliphatic carbocycles. The Hall–Kier alpha value is -2.74. The van der Waals surface area contributed by atoms with Crippen molar-refractivity contribution < 1.29 is 27.3 Å². The smallest absolute Gasteiger partial charge is 0.167 e. The standard InChI is InChI=1S/C21H21NO6S/c1-29(25,26)10-2-9-27-15-5-7-16-13(11-15)3-8-19-20(16)21(22-28-19)17-6-4-14(23)12-18(17)24/h3,5,7-8,11,17H,2,4,6,9-10,12H2,1H3/t17-/m0/s1. The highest BCUT2D eigenvalue weighted by Crippen LogP contribution is 2.37. The number of nitrogens with zero attached hydrogens (tertiary/aromatic N) is 1. The maximum atomic E-state index is 12.4. The number of sulfone groups is 1. The van der Waals surface area contributed by atoms with E-state index in [4.69, 9.17) is 9.26 Å². The molecule has 0 saturated heterocycles. The molecule has 0 aliphatic heterocycles. The Bertz CT molecular complexity index is 1210. The molecule has 0 amide bonds. The first-order chi connectivity index (χ1) is 13.8. The van der Waals surface area contributed by atoms with Crippen LogP contribution in [0, 0.1) is 0 Å². The number of Topliss-reactive ketones (excluding diaryl/α,β-unsaturated/α-hetero) is 2. The van der Waals surface area contributed by atoms with Gasteiger partial charge in [0, 0.05) is 12.7 Å². The van der Waals surface area contributed by atoms with E-state index in [1.807, 2.05) is 24.3 Å². The van der Waals surface area contributed by atoms with Crippen molar-refractivity contribution in [1.29, 1.82) is 0 Å². The minimum atomic E-state index is -3.00. The second-order valence-electron chi connectivity index (χ2n) is 7.49. The van der Waals surface area contributed by atoms with E-state index >= 15 is 0 Å². The van der Waals surface area contributed by atoms with Gasteiger partial charge in [-0.25, -0.2) is 8.42 Å². The number of carbonyl (C=O) groups is 2. The molecule has 0 radical (unpaired) electrons. The lowest BCUT2D eigenvalue weighted by molar-refractivity contribution is -0.130. The average Bonchev–Trinajstić information content (AvgIpc) is 3.08. The van der Waals surface area contributed by atoms with Crippen molar-refractivity contribution >= 4 is 43.1 Å². The molecule has 1 saturated carbocycles. The van der Waals surface area contributed by atoms with Gasteiger partial charge in [-0.1, -0.05) is 11.2 Å². The Kier molecular flexibility index (Phi) is 5.12. The number of carbonyl (C=O) groups excluding carboxylic acids is 2. The third-order valence-corrected chi connectivity index (χ3v) is 6.21. The lowest BCUT2D eigenvalue weighted by atomic mass is 9.83. The van der Waals surface area contributed by atoms with E-state index in [1.54, 1.807) is 6.07 Å². The van der Waals surface area contributed by atoms with Gasteiger partial charge < -0.3 is 9.26 Å². The van der Waals surface area contributed by atoms with E-state index in [9.17, 15) is 18.0 Å². The molecule has 0 spiro atoms. The predicted octanol–water partition coefficient (Wildman–Crippen LogP) is 3.20. The third-order valence-electron chi connectivity index (χ3n) is 5.18. The van der Waals surface area contributed by atoms with Crippen LogP contribution < -0.4 is 4.74 Å². The van der Waals surface area contributed by atoms with E-state index in [0.29, 0.717) is 42.9 Å². The maximum Gasteiger partial charge on any atom is 0.167 e. The van der Waals surface area contributed by atoms with Crippen molar-refractivity contribution in [2.45, 2.75) is 31.6 Å². The van der Waals surface area contributed by atoms with Crippen LogP contribution >= 0.6 is 0 Å². The summed E-state index contributed by atoms with van der Waals surface area (Å²) in [7, 11) is -3.00. The highest BCUT2D eigenvalue weighted by atomic mass is 32.2. The molecule has 0 unspecified atom stereocenters. The fourth-order valence-electron chi connectivity index (χ4n) is 3.77. The van der Waals surface area contributed by atoms with Gasteiger partial charge in [0.05, 0.1) is 30.1 Å². The number of ether oxygens (including phenoxy) is 1. The van der Waals surface area contributed by atoms with Gasteiger partial charge in [0.15, 0.2) is 5.58 Å². The van der Waals surface area contributed by atoms with E-state index in [0.717, 1.165) is 16.2 Å². The summed E-state index contributed by atoms with van der Waals surface area (Å²) < 4.78 is 33.5. The summed E-state index contributed by atoms with van der Waals surface area (Å²) >= 11 is 0. The van der Waals surface area contributed by atoms with Crippen molar-refractivity contribution in [2.24, 2.45) is 0 Å². The van der Waals surface area contributed by atoms with Crippen LogP contribution in [0.1, 0.15) is 37.3 Å². The Labute approximate surface area is 167 Å². The van der Waals surface area contributed by atoms with Gasteiger partial charge in [-0.15, -0.1) is 0 Å². The summed E-state index contributed by atoms with van der Waals surface area (Å²) in [6, 6.07) is 9.27. The molecule has 0 N–H and O–H groups in total.